The van der Waals surface area contributed by atoms with E-state index in [4.69, 9.17) is 16.3 Å². The Bertz CT molecular complexity index is 1940. The van der Waals surface area contributed by atoms with Crippen molar-refractivity contribution in [2.24, 2.45) is 0 Å². The van der Waals surface area contributed by atoms with Crippen LogP contribution in [0.4, 0.5) is 5.95 Å². The van der Waals surface area contributed by atoms with Crippen LogP contribution in [-0.4, -0.2) is 52.1 Å². The van der Waals surface area contributed by atoms with E-state index in [2.05, 4.69) is 10.1 Å². The summed E-state index contributed by atoms with van der Waals surface area (Å²) in [6, 6.07) is 19.8. The lowest BCUT2D eigenvalue weighted by atomic mass is 10.1. The molecule has 5 rings (SSSR count). The van der Waals surface area contributed by atoms with Gasteiger partial charge in [0.2, 0.25) is 16.8 Å². The lowest BCUT2D eigenvalue weighted by Crippen LogP contribution is -2.27. The van der Waals surface area contributed by atoms with Crippen molar-refractivity contribution in [2.45, 2.75) is 0 Å². The quantitative estimate of drug-likeness (QED) is 0.305. The number of rotatable bonds is 4. The van der Waals surface area contributed by atoms with E-state index in [0.717, 1.165) is 28.2 Å². The summed E-state index contributed by atoms with van der Waals surface area (Å²) in [6.45, 7) is 0. The van der Waals surface area contributed by atoms with E-state index >= 15 is 0 Å². The highest BCUT2D eigenvalue weighted by molar-refractivity contribution is 7.57. The van der Waals surface area contributed by atoms with Crippen molar-refractivity contribution in [3.63, 3.8) is 0 Å². The third-order valence-electron chi connectivity index (χ3n) is 5.79. The molecule has 0 saturated heterocycles. The molecule has 0 spiro atoms. The van der Waals surface area contributed by atoms with E-state index in [1.165, 1.54) is 4.45 Å². The molecule has 2 N–H and O–H groups in total. The third kappa shape index (κ3) is 5.05. The zero-order valence-corrected chi connectivity index (χ0v) is 24.4. The van der Waals surface area contributed by atoms with Crippen molar-refractivity contribution >= 4 is 47.0 Å². The van der Waals surface area contributed by atoms with Crippen LogP contribution in [0, 0.1) is 31.7 Å². The van der Waals surface area contributed by atoms with E-state index in [0.29, 0.717) is 16.6 Å². The molecule has 2 heterocycles. The van der Waals surface area contributed by atoms with Crippen LogP contribution >= 0.6 is 30.3 Å². The van der Waals surface area contributed by atoms with E-state index in [-0.39, 0.29) is 35.6 Å². The molecule has 1 aliphatic carbocycles. The largest absolute Gasteiger partial charge is 0.368 e. The Morgan fingerprint density at radius 2 is 1.27 bits per heavy atom. The highest BCUT2D eigenvalue weighted by Gasteiger charge is 2.34. The molecule has 40 heavy (non-hydrogen) atoms. The normalized spacial score (nSPS) is 11.3. The minimum Gasteiger partial charge on any atom is -0.368 e. The Balaban J connectivity index is 0.000000185. The van der Waals surface area contributed by atoms with E-state index in [1.807, 2.05) is 42.5 Å². The van der Waals surface area contributed by atoms with Crippen LogP contribution in [0.15, 0.2) is 64.2 Å². The van der Waals surface area contributed by atoms with E-state index in [9.17, 15) is 14.2 Å². The summed E-state index contributed by atoms with van der Waals surface area (Å²) in [4.78, 5) is 29.3. The van der Waals surface area contributed by atoms with Gasteiger partial charge in [-0.1, -0.05) is 54.6 Å². The zero-order valence-electron chi connectivity index (χ0n) is 21.9. The highest BCUT2D eigenvalue weighted by Crippen LogP contribution is 2.51. The molecule has 11 nitrogen and oxygen atoms in total. The molecular weight excluding hydrogens is 567 g/mol. The SMILES string of the molecule is CN(C)P(=O)(N(C)C)n1nc(-c2ccccc2)nc1N.N#Cc1sc2c(=O)c3ccccc3c(=O)c=2sc1C#N. The van der Waals surface area contributed by atoms with E-state index in [1.54, 1.807) is 61.8 Å². The summed E-state index contributed by atoms with van der Waals surface area (Å²) in [6.07, 6.45) is 0. The Labute approximate surface area is 236 Å². The van der Waals surface area contributed by atoms with Gasteiger partial charge in [-0.2, -0.15) is 20.0 Å². The van der Waals surface area contributed by atoms with Crippen LogP contribution in [0.1, 0.15) is 9.75 Å². The molecule has 2 aliphatic rings. The fourth-order valence-corrected chi connectivity index (χ4v) is 7.83. The first-order chi connectivity index (χ1) is 19.0. The standard InChI is InChI=1S/C14H4N2O2S2.C12H19N6OP/c15-5-9-10(6-16)20-14-12(18)8-4-2-1-3-7(8)11(17)13(14)19-9;1-16(2)20(19,17(3)4)18-12(13)14-11(15-18)10-8-6-5-7-9-10/h1-4H;5-9H,1-4H3,(H2,13,14,15). The number of nitrogens with two attached hydrogens (primary N) is 1. The Hall–Kier alpha value is -4.23. The number of hydrogen-bond donors (Lipinski definition) is 1. The maximum atomic E-state index is 13.1. The number of nitrogen functional groups attached to an aromatic ring is 1. The Morgan fingerprint density at radius 1 is 0.825 bits per heavy atom. The first kappa shape index (κ1) is 28.8. The summed E-state index contributed by atoms with van der Waals surface area (Å²) in [5.41, 5.74) is 6.21. The first-order valence-corrected chi connectivity index (χ1v) is 14.8. The fourth-order valence-electron chi connectivity index (χ4n) is 3.87. The van der Waals surface area contributed by atoms with Gasteiger partial charge in [0.05, 0.1) is 9.06 Å². The molecule has 0 unspecified atom stereocenters. The number of fused-ring (bicyclic) bond motifs is 1. The van der Waals surface area contributed by atoms with Crippen molar-refractivity contribution < 1.29 is 4.57 Å². The second-order valence-corrected chi connectivity index (χ2v) is 13.8. The molecule has 202 valence electrons. The molecule has 2 aromatic carbocycles. The van der Waals surface area contributed by atoms with Gasteiger partial charge in [-0.3, -0.25) is 14.2 Å². The van der Waals surface area contributed by atoms with Gasteiger partial charge in [-0.05, 0) is 28.2 Å². The monoisotopic (exact) mass is 590 g/mol. The van der Waals surface area contributed by atoms with Crippen LogP contribution in [0.5, 0.6) is 0 Å². The first-order valence-electron chi connectivity index (χ1n) is 11.6. The van der Waals surface area contributed by atoms with Crippen LogP contribution in [0.3, 0.4) is 0 Å². The van der Waals surface area contributed by atoms with Crippen LogP contribution in [-0.2, 0) is 4.57 Å². The lowest BCUT2D eigenvalue weighted by molar-refractivity contribution is 0.431. The van der Waals surface area contributed by atoms with Gasteiger partial charge in [0, 0.05) is 16.3 Å². The molecular formula is C26H23N8O3PS2. The summed E-state index contributed by atoms with van der Waals surface area (Å²) < 4.78 is 18.1. The number of hydrogen-bond acceptors (Lipinski definition) is 10. The second kappa shape index (κ2) is 11.5. The molecule has 1 aliphatic heterocycles. The number of nitriles is 2. The fraction of sp³-hybridized carbons (Fsp3) is 0.154. The highest BCUT2D eigenvalue weighted by atomic mass is 32.1. The molecule has 14 heteroatoms. The second-order valence-electron chi connectivity index (χ2n) is 8.70. The van der Waals surface area contributed by atoms with Crippen LogP contribution in [0.25, 0.3) is 22.2 Å². The number of aromatic nitrogens is 3. The maximum Gasteiger partial charge on any atom is 0.332 e. The van der Waals surface area contributed by atoms with Gasteiger partial charge >= 0.3 is 7.59 Å². The summed E-state index contributed by atoms with van der Waals surface area (Å²) >= 11 is 1.82. The van der Waals surface area contributed by atoms with Gasteiger partial charge < -0.3 is 5.73 Å². The number of anilines is 1. The summed E-state index contributed by atoms with van der Waals surface area (Å²) in [7, 11) is 3.84. The maximum absolute atomic E-state index is 13.1. The molecule has 3 aromatic rings. The predicted molar refractivity (Wildman–Crippen MR) is 157 cm³/mol. The average Bonchev–Trinajstić information content (AvgIpc) is 3.37. The molecule has 0 radical (unpaired) electrons. The van der Waals surface area contributed by atoms with Gasteiger partial charge in [-0.15, -0.1) is 27.8 Å². The van der Waals surface area contributed by atoms with E-state index < -0.39 is 7.59 Å². The average molecular weight is 591 g/mol. The van der Waals surface area contributed by atoms with Crippen molar-refractivity contribution in [1.29, 1.82) is 10.5 Å². The zero-order chi connectivity index (χ0) is 29.2. The summed E-state index contributed by atoms with van der Waals surface area (Å²) in [5, 5.41) is 23.1. The molecule has 0 atom stereocenters. The van der Waals surface area contributed by atoms with Crippen molar-refractivity contribution in [3.05, 3.63) is 93.9 Å². The smallest absolute Gasteiger partial charge is 0.332 e. The number of benzene rings is 2. The Kier molecular flexibility index (Phi) is 8.26. The molecule has 0 saturated carbocycles. The van der Waals surface area contributed by atoms with Gasteiger partial charge in [0.25, 0.3) is 0 Å². The van der Waals surface area contributed by atoms with Gasteiger partial charge in [0.15, 0.2) is 5.82 Å². The summed E-state index contributed by atoms with van der Waals surface area (Å²) in [5.74, 6) is 0.599. The van der Waals surface area contributed by atoms with Crippen LogP contribution < -0.4 is 16.6 Å². The molecule has 1 aromatic heterocycles. The van der Waals surface area contributed by atoms with Crippen molar-refractivity contribution in [2.75, 3.05) is 33.9 Å². The van der Waals surface area contributed by atoms with Gasteiger partial charge in [0.1, 0.15) is 21.9 Å². The Morgan fingerprint density at radius 3 is 1.70 bits per heavy atom. The third-order valence-corrected chi connectivity index (χ3v) is 11.1. The minimum absolute atomic E-state index is 0.134. The van der Waals surface area contributed by atoms with Crippen molar-refractivity contribution in [1.82, 2.24) is 23.9 Å². The predicted octanol–water partition coefficient (Wildman–Crippen LogP) is 3.76. The molecule has 0 amide bonds. The lowest BCUT2D eigenvalue weighted by Gasteiger charge is -2.29. The molecule has 0 bridgehead atoms. The van der Waals surface area contributed by atoms with Crippen molar-refractivity contribution in [3.8, 4) is 23.5 Å². The van der Waals surface area contributed by atoms with Gasteiger partial charge in [-0.25, -0.2) is 9.34 Å². The van der Waals surface area contributed by atoms with Crippen LogP contribution in [0.2, 0.25) is 0 Å². The molecule has 0 fully saturated rings. The topological polar surface area (TPSA) is 162 Å². The minimum atomic E-state index is -3.07. The number of nitrogens with zero attached hydrogens (tertiary/aromatic N) is 7.